The van der Waals surface area contributed by atoms with Crippen molar-refractivity contribution in [3.8, 4) is 0 Å². The molecule has 2 atom stereocenters. The van der Waals surface area contributed by atoms with Crippen LogP contribution in [0.4, 0.5) is 0 Å². The number of nitrogens with one attached hydrogen (secondary N) is 1. The summed E-state index contributed by atoms with van der Waals surface area (Å²) in [5.41, 5.74) is 1.00. The highest BCUT2D eigenvalue weighted by atomic mass is 16.3. The van der Waals surface area contributed by atoms with E-state index in [4.69, 9.17) is 0 Å². The van der Waals surface area contributed by atoms with Crippen molar-refractivity contribution in [2.75, 3.05) is 26.2 Å². The second kappa shape index (κ2) is 8.40. The van der Waals surface area contributed by atoms with Crippen LogP contribution in [0.3, 0.4) is 0 Å². The smallest absolute Gasteiger partial charge is 0.0914 e. The van der Waals surface area contributed by atoms with Crippen LogP contribution in [0.15, 0.2) is 30.3 Å². The Morgan fingerprint density at radius 1 is 1.25 bits per heavy atom. The standard InChI is InChI=1S/C17H28N2O/c1-2-11-19-12-6-9-16(10-13-19)18-14-17(20)15-7-4-3-5-8-15/h3-5,7-8,16-18,20H,2,6,9-14H2,1H3. The van der Waals surface area contributed by atoms with E-state index in [0.29, 0.717) is 12.6 Å². The summed E-state index contributed by atoms with van der Waals surface area (Å²) in [5.74, 6) is 0. The van der Waals surface area contributed by atoms with Crippen molar-refractivity contribution in [2.45, 2.75) is 44.8 Å². The average Bonchev–Trinajstić information content (AvgIpc) is 2.71. The molecule has 0 bridgehead atoms. The molecule has 1 aromatic carbocycles. The summed E-state index contributed by atoms with van der Waals surface area (Å²) in [6.07, 6.45) is 4.53. The molecular formula is C17H28N2O. The van der Waals surface area contributed by atoms with E-state index in [1.807, 2.05) is 30.3 Å². The quantitative estimate of drug-likeness (QED) is 0.838. The first-order valence-electron chi connectivity index (χ1n) is 7.98. The van der Waals surface area contributed by atoms with Crippen molar-refractivity contribution in [1.82, 2.24) is 10.2 Å². The van der Waals surface area contributed by atoms with Gasteiger partial charge in [0.1, 0.15) is 0 Å². The fourth-order valence-electron chi connectivity index (χ4n) is 2.97. The molecule has 112 valence electrons. The van der Waals surface area contributed by atoms with Gasteiger partial charge in [0.2, 0.25) is 0 Å². The Balaban J connectivity index is 1.74. The summed E-state index contributed by atoms with van der Waals surface area (Å²) < 4.78 is 0. The highest BCUT2D eigenvalue weighted by Crippen LogP contribution is 2.14. The molecule has 0 aromatic heterocycles. The maximum Gasteiger partial charge on any atom is 0.0914 e. The number of likely N-dealkylation sites (tertiary alicyclic amines) is 1. The van der Waals surface area contributed by atoms with Gasteiger partial charge in [-0.15, -0.1) is 0 Å². The topological polar surface area (TPSA) is 35.5 Å². The Bertz CT molecular complexity index is 369. The number of rotatable bonds is 6. The molecule has 0 saturated carbocycles. The average molecular weight is 276 g/mol. The summed E-state index contributed by atoms with van der Waals surface area (Å²) in [7, 11) is 0. The summed E-state index contributed by atoms with van der Waals surface area (Å²) in [5, 5.41) is 13.7. The van der Waals surface area contributed by atoms with Crippen LogP contribution in [0.1, 0.15) is 44.3 Å². The highest BCUT2D eigenvalue weighted by molar-refractivity contribution is 5.17. The lowest BCUT2D eigenvalue weighted by molar-refractivity contribution is 0.168. The number of aliphatic hydroxyl groups is 1. The van der Waals surface area contributed by atoms with Gasteiger partial charge >= 0.3 is 0 Å². The van der Waals surface area contributed by atoms with Crippen molar-refractivity contribution in [1.29, 1.82) is 0 Å². The molecular weight excluding hydrogens is 248 g/mol. The fourth-order valence-corrected chi connectivity index (χ4v) is 2.97. The first kappa shape index (κ1) is 15.5. The number of nitrogens with zero attached hydrogens (tertiary/aromatic N) is 1. The Morgan fingerprint density at radius 3 is 2.80 bits per heavy atom. The minimum atomic E-state index is -0.397. The molecule has 0 aliphatic carbocycles. The molecule has 1 heterocycles. The second-order valence-electron chi connectivity index (χ2n) is 5.80. The van der Waals surface area contributed by atoms with Gasteiger partial charge < -0.3 is 15.3 Å². The molecule has 3 nitrogen and oxygen atoms in total. The molecule has 2 unspecified atom stereocenters. The number of hydrogen-bond acceptors (Lipinski definition) is 3. The molecule has 2 N–H and O–H groups in total. The van der Waals surface area contributed by atoms with E-state index in [1.54, 1.807) is 0 Å². The molecule has 1 saturated heterocycles. The van der Waals surface area contributed by atoms with Crippen molar-refractivity contribution < 1.29 is 5.11 Å². The predicted octanol–water partition coefficient (Wildman–Crippen LogP) is 2.57. The molecule has 0 radical (unpaired) electrons. The van der Waals surface area contributed by atoms with Crippen LogP contribution in [0.2, 0.25) is 0 Å². The zero-order valence-electron chi connectivity index (χ0n) is 12.6. The number of benzene rings is 1. The maximum atomic E-state index is 10.2. The van der Waals surface area contributed by atoms with E-state index in [2.05, 4.69) is 17.1 Å². The van der Waals surface area contributed by atoms with Gasteiger partial charge in [-0.3, -0.25) is 0 Å². The summed E-state index contributed by atoms with van der Waals surface area (Å²) in [6.45, 7) is 6.54. The van der Waals surface area contributed by atoms with Crippen molar-refractivity contribution in [3.05, 3.63) is 35.9 Å². The van der Waals surface area contributed by atoms with Crippen LogP contribution in [0, 0.1) is 0 Å². The zero-order valence-corrected chi connectivity index (χ0v) is 12.6. The van der Waals surface area contributed by atoms with Crippen LogP contribution >= 0.6 is 0 Å². The van der Waals surface area contributed by atoms with E-state index in [0.717, 1.165) is 5.56 Å². The normalized spacial score (nSPS) is 22.4. The minimum Gasteiger partial charge on any atom is -0.387 e. The monoisotopic (exact) mass is 276 g/mol. The lowest BCUT2D eigenvalue weighted by Gasteiger charge is -2.20. The van der Waals surface area contributed by atoms with Gasteiger partial charge in [0.25, 0.3) is 0 Å². The SMILES string of the molecule is CCCN1CCCC(NCC(O)c2ccccc2)CC1. The lowest BCUT2D eigenvalue weighted by Crippen LogP contribution is -2.34. The first-order chi connectivity index (χ1) is 9.79. The summed E-state index contributed by atoms with van der Waals surface area (Å²) >= 11 is 0. The van der Waals surface area contributed by atoms with Gasteiger partial charge in [-0.2, -0.15) is 0 Å². The number of hydrogen-bond donors (Lipinski definition) is 2. The van der Waals surface area contributed by atoms with Crippen molar-refractivity contribution in [2.24, 2.45) is 0 Å². The van der Waals surface area contributed by atoms with E-state index in [-0.39, 0.29) is 0 Å². The van der Waals surface area contributed by atoms with Crippen LogP contribution in [-0.2, 0) is 0 Å². The van der Waals surface area contributed by atoms with Gasteiger partial charge in [0.05, 0.1) is 6.10 Å². The molecule has 1 aliphatic rings. The predicted molar refractivity (Wildman–Crippen MR) is 83.8 cm³/mol. The molecule has 20 heavy (non-hydrogen) atoms. The first-order valence-corrected chi connectivity index (χ1v) is 7.98. The van der Waals surface area contributed by atoms with Gasteiger partial charge in [-0.1, -0.05) is 37.3 Å². The van der Waals surface area contributed by atoms with Gasteiger partial charge in [-0.25, -0.2) is 0 Å². The van der Waals surface area contributed by atoms with E-state index in [9.17, 15) is 5.11 Å². The van der Waals surface area contributed by atoms with Crippen molar-refractivity contribution in [3.63, 3.8) is 0 Å². The van der Waals surface area contributed by atoms with Gasteiger partial charge in [-0.05, 0) is 50.9 Å². The largest absolute Gasteiger partial charge is 0.387 e. The van der Waals surface area contributed by atoms with Crippen LogP contribution in [0.5, 0.6) is 0 Å². The third kappa shape index (κ3) is 4.89. The molecule has 1 aliphatic heterocycles. The van der Waals surface area contributed by atoms with Crippen LogP contribution in [0.25, 0.3) is 0 Å². The third-order valence-corrected chi connectivity index (χ3v) is 4.14. The van der Waals surface area contributed by atoms with Crippen LogP contribution in [-0.4, -0.2) is 42.2 Å². The van der Waals surface area contributed by atoms with E-state index < -0.39 is 6.10 Å². The van der Waals surface area contributed by atoms with E-state index >= 15 is 0 Å². The van der Waals surface area contributed by atoms with Gasteiger partial charge in [0, 0.05) is 12.6 Å². The number of aliphatic hydroxyl groups excluding tert-OH is 1. The maximum absolute atomic E-state index is 10.2. The molecule has 2 rings (SSSR count). The third-order valence-electron chi connectivity index (χ3n) is 4.14. The van der Waals surface area contributed by atoms with Gasteiger partial charge in [0.15, 0.2) is 0 Å². The second-order valence-corrected chi connectivity index (χ2v) is 5.80. The minimum absolute atomic E-state index is 0.397. The molecule has 0 amide bonds. The lowest BCUT2D eigenvalue weighted by atomic mass is 10.1. The summed E-state index contributed by atoms with van der Waals surface area (Å²) in [6, 6.07) is 10.5. The zero-order chi connectivity index (χ0) is 14.2. The van der Waals surface area contributed by atoms with Crippen molar-refractivity contribution >= 4 is 0 Å². The molecule has 1 fully saturated rings. The molecule has 3 heteroatoms. The Kier molecular flexibility index (Phi) is 6.51. The molecule has 0 spiro atoms. The summed E-state index contributed by atoms with van der Waals surface area (Å²) in [4.78, 5) is 2.56. The highest BCUT2D eigenvalue weighted by Gasteiger charge is 2.17. The van der Waals surface area contributed by atoms with Crippen LogP contribution < -0.4 is 5.32 Å². The Morgan fingerprint density at radius 2 is 2.05 bits per heavy atom. The Labute approximate surface area is 123 Å². The van der Waals surface area contributed by atoms with E-state index in [1.165, 1.54) is 45.3 Å². The molecule has 1 aromatic rings. The Hall–Kier alpha value is -0.900. The fraction of sp³-hybridized carbons (Fsp3) is 0.647.